The van der Waals surface area contributed by atoms with Crippen molar-refractivity contribution in [1.82, 2.24) is 5.32 Å². The van der Waals surface area contributed by atoms with Gasteiger partial charge in [0.15, 0.2) is 5.76 Å². The van der Waals surface area contributed by atoms with Gasteiger partial charge in [-0.2, -0.15) is 0 Å². The van der Waals surface area contributed by atoms with Gasteiger partial charge >= 0.3 is 0 Å². The van der Waals surface area contributed by atoms with Crippen LogP contribution in [0.3, 0.4) is 0 Å². The number of aryl methyl sites for hydroxylation is 1. The summed E-state index contributed by atoms with van der Waals surface area (Å²) in [7, 11) is 0. The number of rotatable bonds is 7. The zero-order valence-electron chi connectivity index (χ0n) is 12.8. The number of nitrogens with one attached hydrogen (secondary N) is 1. The fraction of sp³-hybridized carbons (Fsp3) is 0.333. The minimum atomic E-state index is -0.294. The second-order valence-corrected chi connectivity index (χ2v) is 5.66. The van der Waals surface area contributed by atoms with E-state index in [0.29, 0.717) is 0 Å². The van der Waals surface area contributed by atoms with Crippen LogP contribution in [0.2, 0.25) is 0 Å². The first-order valence-corrected chi connectivity index (χ1v) is 8.10. The summed E-state index contributed by atoms with van der Waals surface area (Å²) in [5.41, 5.74) is 2.46. The Hall–Kier alpha value is -1.94. The molecular formula is C18H21NO2S. The molecule has 2 rings (SSSR count). The third-order valence-corrected chi connectivity index (χ3v) is 3.66. The van der Waals surface area contributed by atoms with Crippen molar-refractivity contribution in [2.24, 2.45) is 0 Å². The highest BCUT2D eigenvalue weighted by atomic mass is 32.1. The van der Waals surface area contributed by atoms with E-state index in [4.69, 9.17) is 17.0 Å². The van der Waals surface area contributed by atoms with Crippen molar-refractivity contribution in [1.29, 1.82) is 0 Å². The minimum Gasteiger partial charge on any atom is -0.426 e. The van der Waals surface area contributed by atoms with Crippen LogP contribution in [0.1, 0.15) is 43.7 Å². The van der Waals surface area contributed by atoms with E-state index in [9.17, 15) is 4.79 Å². The predicted molar refractivity (Wildman–Crippen MR) is 93.2 cm³/mol. The largest absolute Gasteiger partial charge is 0.426 e. The van der Waals surface area contributed by atoms with Crippen molar-refractivity contribution in [3.05, 3.63) is 53.3 Å². The molecule has 0 unspecified atom stereocenters. The van der Waals surface area contributed by atoms with Crippen molar-refractivity contribution < 1.29 is 9.53 Å². The van der Waals surface area contributed by atoms with E-state index in [2.05, 4.69) is 36.5 Å². The van der Waals surface area contributed by atoms with E-state index in [1.807, 2.05) is 6.08 Å². The van der Waals surface area contributed by atoms with Crippen molar-refractivity contribution in [3.8, 4) is 0 Å². The Balaban J connectivity index is 1.86. The van der Waals surface area contributed by atoms with Crippen LogP contribution in [-0.2, 0) is 16.0 Å². The highest BCUT2D eigenvalue weighted by molar-refractivity contribution is 7.80. The molecule has 0 aromatic heterocycles. The molecule has 1 amide bonds. The van der Waals surface area contributed by atoms with Gasteiger partial charge in [-0.15, -0.1) is 0 Å². The summed E-state index contributed by atoms with van der Waals surface area (Å²) in [6.45, 7) is 2.23. The normalized spacial score (nSPS) is 16.3. The Labute approximate surface area is 137 Å². The predicted octanol–water partition coefficient (Wildman–Crippen LogP) is 4.14. The highest BCUT2D eigenvalue weighted by Crippen LogP contribution is 2.12. The van der Waals surface area contributed by atoms with Gasteiger partial charge in [-0.1, -0.05) is 62.6 Å². The lowest BCUT2D eigenvalue weighted by atomic mass is 10.0. The zero-order valence-corrected chi connectivity index (χ0v) is 13.6. The first-order valence-electron chi connectivity index (χ1n) is 7.69. The Morgan fingerprint density at radius 2 is 1.95 bits per heavy atom. The minimum absolute atomic E-state index is 0.108. The smallest absolute Gasteiger partial charge is 0.294 e. The second kappa shape index (κ2) is 8.49. The first-order chi connectivity index (χ1) is 10.7. The van der Waals surface area contributed by atoms with Crippen molar-refractivity contribution in [2.45, 2.75) is 39.0 Å². The zero-order chi connectivity index (χ0) is 15.8. The van der Waals surface area contributed by atoms with Crippen LogP contribution in [0.15, 0.2) is 42.2 Å². The number of hydrogen-bond acceptors (Lipinski definition) is 3. The van der Waals surface area contributed by atoms with E-state index < -0.39 is 0 Å². The quantitative estimate of drug-likeness (QED) is 0.467. The number of ether oxygens (including phenoxy) is 1. The summed E-state index contributed by atoms with van der Waals surface area (Å²) in [5.74, 6) is -0.0640. The molecule has 0 radical (unpaired) electrons. The van der Waals surface area contributed by atoms with Crippen LogP contribution in [0.4, 0.5) is 0 Å². The molecule has 4 heteroatoms. The average Bonchev–Trinajstić information content (AvgIpc) is 2.83. The molecule has 116 valence electrons. The number of carbonyl (C=O) groups excluding carboxylic acids is 1. The van der Waals surface area contributed by atoms with Crippen molar-refractivity contribution in [2.75, 3.05) is 0 Å². The van der Waals surface area contributed by atoms with Gasteiger partial charge in [0.2, 0.25) is 0 Å². The molecule has 1 aromatic rings. The Morgan fingerprint density at radius 3 is 2.59 bits per heavy atom. The SMILES string of the molecule is CCCCCCc1ccc(C=CC=C2OC(=S)NC2=O)cc1. The van der Waals surface area contributed by atoms with Gasteiger partial charge < -0.3 is 4.74 Å². The van der Waals surface area contributed by atoms with Crippen LogP contribution >= 0.6 is 12.2 Å². The maximum absolute atomic E-state index is 11.4. The van der Waals surface area contributed by atoms with Gasteiger partial charge in [-0.25, -0.2) is 0 Å². The molecule has 1 aliphatic rings. The summed E-state index contributed by atoms with van der Waals surface area (Å²) in [6.07, 6.45) is 11.6. The molecule has 1 saturated heterocycles. The van der Waals surface area contributed by atoms with E-state index in [1.54, 1.807) is 12.2 Å². The summed E-state index contributed by atoms with van der Waals surface area (Å²) in [6, 6.07) is 8.49. The Bertz CT molecular complexity index is 588. The van der Waals surface area contributed by atoms with Crippen LogP contribution in [0.5, 0.6) is 0 Å². The number of unbranched alkanes of at least 4 members (excludes halogenated alkanes) is 3. The van der Waals surface area contributed by atoms with Crippen LogP contribution in [0, 0.1) is 0 Å². The molecule has 1 aromatic carbocycles. The molecule has 0 atom stereocenters. The van der Waals surface area contributed by atoms with Crippen LogP contribution in [0.25, 0.3) is 6.08 Å². The fourth-order valence-electron chi connectivity index (χ4n) is 2.23. The molecule has 1 N–H and O–H groups in total. The molecule has 1 heterocycles. The van der Waals surface area contributed by atoms with Crippen molar-refractivity contribution >= 4 is 29.4 Å². The molecule has 0 saturated carbocycles. The van der Waals surface area contributed by atoms with E-state index in [1.165, 1.54) is 31.2 Å². The number of benzene rings is 1. The molecule has 1 fully saturated rings. The van der Waals surface area contributed by atoms with E-state index in [0.717, 1.165) is 12.0 Å². The monoisotopic (exact) mass is 315 g/mol. The topological polar surface area (TPSA) is 38.3 Å². The maximum Gasteiger partial charge on any atom is 0.294 e. The van der Waals surface area contributed by atoms with Gasteiger partial charge in [0.05, 0.1) is 0 Å². The van der Waals surface area contributed by atoms with Gasteiger partial charge in [0, 0.05) is 0 Å². The Kier molecular flexibility index (Phi) is 6.34. The van der Waals surface area contributed by atoms with Gasteiger partial charge in [-0.05, 0) is 42.3 Å². The van der Waals surface area contributed by atoms with Gasteiger partial charge in [-0.3, -0.25) is 10.1 Å². The third kappa shape index (κ3) is 5.11. The van der Waals surface area contributed by atoms with Crippen molar-refractivity contribution in [3.63, 3.8) is 0 Å². The van der Waals surface area contributed by atoms with Crippen LogP contribution < -0.4 is 5.32 Å². The molecule has 22 heavy (non-hydrogen) atoms. The molecular weight excluding hydrogens is 294 g/mol. The molecule has 0 aliphatic carbocycles. The van der Waals surface area contributed by atoms with Crippen LogP contribution in [-0.4, -0.2) is 11.1 Å². The third-order valence-electron chi connectivity index (χ3n) is 3.48. The highest BCUT2D eigenvalue weighted by Gasteiger charge is 2.21. The fourth-order valence-corrected chi connectivity index (χ4v) is 2.42. The summed E-state index contributed by atoms with van der Waals surface area (Å²) >= 11 is 4.76. The lowest BCUT2D eigenvalue weighted by Crippen LogP contribution is -2.18. The maximum atomic E-state index is 11.4. The number of amides is 1. The summed E-state index contributed by atoms with van der Waals surface area (Å²) in [4.78, 5) is 11.4. The Morgan fingerprint density at radius 1 is 1.18 bits per heavy atom. The number of carbonyl (C=O) groups is 1. The lowest BCUT2D eigenvalue weighted by molar-refractivity contribution is -0.116. The molecule has 1 aliphatic heterocycles. The number of hydrogen-bond donors (Lipinski definition) is 1. The molecule has 0 spiro atoms. The standard InChI is InChI=1S/C18H21NO2S/c1-2-3-4-5-7-14-10-12-15(13-11-14)8-6-9-16-17(20)19-18(22)21-16/h6,8-13H,2-5,7H2,1H3,(H,19,20,22). The number of thiocarbonyl (C=S) groups is 1. The van der Waals surface area contributed by atoms with Gasteiger partial charge in [0.25, 0.3) is 11.1 Å². The molecule has 0 bridgehead atoms. The average molecular weight is 315 g/mol. The van der Waals surface area contributed by atoms with E-state index in [-0.39, 0.29) is 16.8 Å². The van der Waals surface area contributed by atoms with Gasteiger partial charge in [0.1, 0.15) is 0 Å². The van der Waals surface area contributed by atoms with E-state index >= 15 is 0 Å². The molecule has 3 nitrogen and oxygen atoms in total. The summed E-state index contributed by atoms with van der Waals surface area (Å²) in [5, 5.41) is 2.53. The summed E-state index contributed by atoms with van der Waals surface area (Å²) < 4.78 is 5.08. The number of allylic oxidation sites excluding steroid dienone is 2. The first kappa shape index (κ1) is 16.4. The lowest BCUT2D eigenvalue weighted by Gasteiger charge is -2.01. The second-order valence-electron chi connectivity index (χ2n) is 5.29.